The average molecular weight is 422 g/mol. The van der Waals surface area contributed by atoms with E-state index in [1.165, 1.54) is 0 Å². The Labute approximate surface area is 275 Å². The van der Waals surface area contributed by atoms with E-state index in [1.54, 1.807) is 7.06 Å². The Hall–Kier alpha value is 2.53. The Kier molecular flexibility index (Phi) is 20.4. The zero-order chi connectivity index (χ0) is 31.1. The van der Waals surface area contributed by atoms with Crippen molar-refractivity contribution in [1.29, 1.82) is 0 Å². The molecule has 0 spiro atoms. The molecule has 0 nitrogen and oxygen atoms in total. The smallest absolute Gasteiger partial charge is 0 e. The maximum atomic E-state index is 6.20. The third kappa shape index (κ3) is 12.1. The molecule has 0 saturated carbocycles. The van der Waals surface area contributed by atoms with Crippen LogP contribution in [0.15, 0.2) is 0 Å². The van der Waals surface area contributed by atoms with Crippen LogP contribution in [0.4, 0.5) is 0 Å². The molecule has 0 saturated heterocycles. The van der Waals surface area contributed by atoms with Gasteiger partial charge in [-0.25, -0.2) is 0 Å². The fourth-order valence-electron chi connectivity index (χ4n) is 5.90. The highest BCUT2D eigenvalue weighted by molar-refractivity contribution is 8.27. The summed E-state index contributed by atoms with van der Waals surface area (Å²) in [4.78, 5) is 0. The van der Waals surface area contributed by atoms with Crippen LogP contribution < -0.4 is 0 Å². The third-order valence-electron chi connectivity index (χ3n) is 7.56. The van der Waals surface area contributed by atoms with Crippen molar-refractivity contribution < 1.29 is 0 Å². The minimum Gasteiger partial charge on any atom is 0 e. The van der Waals surface area contributed by atoms with Crippen LogP contribution in [0.25, 0.3) is 0 Å². The fourth-order valence-corrected chi connectivity index (χ4v) is 5.90. The first-order valence-corrected chi connectivity index (χ1v) is 12.7. The van der Waals surface area contributed by atoms with Gasteiger partial charge in [0.15, 0.2) is 0 Å². The second-order valence-electron chi connectivity index (χ2n) is 10.6. The molecule has 0 unspecified atom stereocenters. The predicted octanol–water partition coefficient (Wildman–Crippen LogP) is -14.9. The molecule has 0 aromatic heterocycles. The molecule has 0 aromatic carbocycles. The molecule has 41 radical (unpaired) electrons. The second kappa shape index (κ2) is 19.1. The topological polar surface area (TPSA) is 0 Å². The van der Waals surface area contributed by atoms with Crippen molar-refractivity contribution >= 4 is 277 Å². The van der Waals surface area contributed by atoms with E-state index in [0.29, 0.717) is 0 Å². The van der Waals surface area contributed by atoms with Crippen LogP contribution in [-0.2, 0) is 0 Å². The Balaban J connectivity index is 7.68. The molecule has 0 aliphatic carbocycles. The molecule has 0 heterocycles. The molecule has 0 aliphatic rings. The first kappa shape index (κ1) is 41.5. The normalized spacial score (nSPS) is 9.54. The summed E-state index contributed by atoms with van der Waals surface area (Å²) in [6.45, 7) is 0. The van der Waals surface area contributed by atoms with Gasteiger partial charge in [-0.3, -0.25) is 0 Å². The van der Waals surface area contributed by atoms with Crippen LogP contribution in [0.2, 0.25) is 0 Å². The first-order valence-electron chi connectivity index (χ1n) is 12.7. The fraction of sp³-hybridized carbons (Fsp3) is 0. The Morgan fingerprint density at radius 3 is 0.513 bits per heavy atom. The van der Waals surface area contributed by atoms with Crippen molar-refractivity contribution in [2.45, 2.75) is 0 Å². The maximum absolute atomic E-state index is 6.20. The van der Waals surface area contributed by atoms with Crippen molar-refractivity contribution in [3.63, 3.8) is 0 Å². The molecule has 0 N–H and O–H groups in total. The average Bonchev–Trinajstić information content (AvgIpc) is 2.69. The zero-order valence-corrected chi connectivity index (χ0v) is 22.5. The van der Waals surface area contributed by atoms with Gasteiger partial charge in [0.25, 0.3) is 0 Å². The Morgan fingerprint density at radius 1 is 0.205 bits per heavy atom. The van der Waals surface area contributed by atoms with Crippen LogP contribution in [0.5, 0.6) is 0 Å². The molecule has 39 heteroatoms. The van der Waals surface area contributed by atoms with Gasteiger partial charge in [0.1, 0.15) is 0 Å². The molecule has 0 rings (SSSR count). The molecular weight excluding hydrogens is 422 g/mol. The minimum atomic E-state index is -1.14. The highest BCUT2D eigenvalue weighted by atomic mass is 13.3. The quantitative estimate of drug-likeness (QED) is 0.193. The standard InChI is InChI=1S/B39/c1-22(2)34(23(3)4)32(35(24(5)6)25(7)8)21-33(36(26(9)10)27(11)12)39(37(28(13)14)29(15)16)38(30(17)18)31(19)20. The van der Waals surface area contributed by atoms with Gasteiger partial charge in [-0.1, -0.05) is 0 Å². The van der Waals surface area contributed by atoms with E-state index in [9.17, 15) is 0 Å². The Morgan fingerprint density at radius 2 is 0.359 bits per heavy atom. The third-order valence-corrected chi connectivity index (χ3v) is 7.56. The highest BCUT2D eigenvalue weighted by Gasteiger charge is 2.51. The van der Waals surface area contributed by atoms with Gasteiger partial charge in [-0.15, -0.1) is 0 Å². The summed E-state index contributed by atoms with van der Waals surface area (Å²) in [5.74, 6) is 0. The lowest BCUT2D eigenvalue weighted by molar-refractivity contribution is 3.26. The van der Waals surface area contributed by atoms with Crippen LogP contribution in [0.1, 0.15) is 0 Å². The lowest BCUT2D eigenvalue weighted by atomic mass is 8.32. The minimum absolute atomic E-state index is 0.898. The van der Waals surface area contributed by atoms with E-state index >= 15 is 0 Å². The van der Waals surface area contributed by atoms with Gasteiger partial charge in [0, 0.05) is 277 Å². The molecular formula is B39. The van der Waals surface area contributed by atoms with Crippen molar-refractivity contribution in [3.8, 4) is 0 Å². The van der Waals surface area contributed by atoms with Crippen molar-refractivity contribution in [2.24, 2.45) is 0 Å². The zero-order valence-electron chi connectivity index (χ0n) is 22.5. The van der Waals surface area contributed by atoms with Crippen molar-refractivity contribution in [2.75, 3.05) is 0 Å². The van der Waals surface area contributed by atoms with Crippen LogP contribution in [0.3, 0.4) is 0 Å². The van der Waals surface area contributed by atoms with E-state index in [4.69, 9.17) is 155 Å². The van der Waals surface area contributed by atoms with Crippen molar-refractivity contribution in [3.05, 3.63) is 0 Å². The van der Waals surface area contributed by atoms with E-state index in [1.807, 2.05) is 0 Å². The largest absolute Gasteiger partial charge is 0 e. The summed E-state index contributed by atoms with van der Waals surface area (Å²) >= 11 is 0. The van der Waals surface area contributed by atoms with Crippen LogP contribution in [0, 0.1) is 0 Å². The lowest BCUT2D eigenvalue weighted by Crippen LogP contribution is -2.87. The van der Waals surface area contributed by atoms with E-state index in [-0.39, 0.29) is 0 Å². The molecule has 0 atom stereocenters. The molecule has 0 fully saturated rings. The van der Waals surface area contributed by atoms with Gasteiger partial charge >= 0.3 is 0 Å². The first-order chi connectivity index (χ1) is 17.7. The predicted molar refractivity (Wildman–Crippen MR) is 224 cm³/mol. The summed E-state index contributed by atoms with van der Waals surface area (Å²) < 4.78 is 0. The van der Waals surface area contributed by atoms with Crippen LogP contribution >= 0.6 is 0 Å². The van der Waals surface area contributed by atoms with Gasteiger partial charge in [0.2, 0.25) is 0 Å². The van der Waals surface area contributed by atoms with E-state index in [2.05, 4.69) is 0 Å². The Bertz CT molecular complexity index is 536. The summed E-state index contributed by atoms with van der Waals surface area (Å²) in [6.07, 6.45) is -18.7. The number of hydrogen-bond acceptors (Lipinski definition) is 0. The maximum Gasteiger partial charge on any atom is 0 e. The van der Waals surface area contributed by atoms with Gasteiger partial charge in [-0.05, 0) is 0 Å². The van der Waals surface area contributed by atoms with Gasteiger partial charge in [-0.2, -0.15) is 0 Å². The molecule has 39 heavy (non-hydrogen) atoms. The summed E-state index contributed by atoms with van der Waals surface area (Å²) in [6, 6.07) is 0. The molecule has 0 bridgehead atoms. The highest BCUT2D eigenvalue weighted by Crippen LogP contribution is 2.13. The lowest BCUT2D eigenvalue weighted by Gasteiger charge is -2.49. The molecule has 0 amide bonds. The van der Waals surface area contributed by atoms with E-state index < -0.39 is 115 Å². The SMILES string of the molecule is [B]B([B])B(B([B])[B])B([B]B(B(B([B])[B])B([B])[B])B(B(B([B])[B])B([B])[B])B(B([B])[B])B([B])[B])B(B([B])[B])B([B])[B]. The summed E-state index contributed by atoms with van der Waals surface area (Å²) in [5.41, 5.74) is 0. The molecule has 0 aromatic rings. The number of rotatable bonds is 18. The van der Waals surface area contributed by atoms with Gasteiger partial charge in [0.05, 0.1) is 0 Å². The number of hydrogen-bond donors (Lipinski definition) is 0. The van der Waals surface area contributed by atoms with Crippen LogP contribution in [-0.4, -0.2) is 277 Å². The molecule has 0 aliphatic heterocycles. The van der Waals surface area contributed by atoms with Crippen molar-refractivity contribution in [1.82, 2.24) is 0 Å². The summed E-state index contributed by atoms with van der Waals surface area (Å²) in [7, 11) is 125. The second-order valence-corrected chi connectivity index (χ2v) is 10.6. The summed E-state index contributed by atoms with van der Waals surface area (Å²) in [5, 5.41) is 0. The van der Waals surface area contributed by atoms with E-state index in [0.717, 1.165) is 0 Å². The van der Waals surface area contributed by atoms with Gasteiger partial charge < -0.3 is 0 Å². The molecule has 117 valence electrons. The monoisotopic (exact) mass is 429 g/mol.